The Hall–Kier alpha value is -1.87. The molecule has 0 radical (unpaired) electrons. The van der Waals surface area contributed by atoms with E-state index in [-0.39, 0.29) is 0 Å². The van der Waals surface area contributed by atoms with Gasteiger partial charge in [-0.3, -0.25) is 0 Å². The van der Waals surface area contributed by atoms with Gasteiger partial charge in [0, 0.05) is 31.0 Å². The Morgan fingerprint density at radius 3 is 2.75 bits per heavy atom. The Morgan fingerprint density at radius 2 is 2.06 bits per heavy atom. The van der Waals surface area contributed by atoms with Crippen LogP contribution in [0.3, 0.4) is 0 Å². The van der Waals surface area contributed by atoms with Gasteiger partial charge in [-0.25, -0.2) is 4.98 Å². The Morgan fingerprint density at radius 1 is 1.31 bits per heavy atom. The maximum Gasteiger partial charge on any atom is 0.140 e. The molecule has 0 saturated heterocycles. The van der Waals surface area contributed by atoms with Gasteiger partial charge in [0.15, 0.2) is 0 Å². The molecule has 2 aromatic rings. The van der Waals surface area contributed by atoms with Gasteiger partial charge in [0.25, 0.3) is 0 Å². The lowest BCUT2D eigenvalue weighted by atomic mass is 10.2. The fourth-order valence-electron chi connectivity index (χ4n) is 1.59. The highest BCUT2D eigenvalue weighted by Crippen LogP contribution is 2.17. The number of hydrogen-bond acceptors (Lipinski definition) is 2. The lowest BCUT2D eigenvalue weighted by molar-refractivity contribution is 0.777. The second-order valence-corrected chi connectivity index (χ2v) is 3.70. The fourth-order valence-corrected chi connectivity index (χ4v) is 1.59. The normalized spacial score (nSPS) is 10.3. The molecule has 0 saturated carbocycles. The predicted octanol–water partition coefficient (Wildman–Crippen LogP) is 2.06. The van der Waals surface area contributed by atoms with E-state index < -0.39 is 0 Å². The molecule has 0 aliphatic carbocycles. The van der Waals surface area contributed by atoms with Crippen molar-refractivity contribution >= 4 is 0 Å². The highest BCUT2D eigenvalue weighted by atomic mass is 15.1. The van der Waals surface area contributed by atoms with Crippen molar-refractivity contribution in [3.63, 3.8) is 0 Å². The predicted molar refractivity (Wildman–Crippen MR) is 65.9 cm³/mol. The van der Waals surface area contributed by atoms with E-state index in [1.165, 1.54) is 0 Å². The maximum absolute atomic E-state index is 5.54. The van der Waals surface area contributed by atoms with Crippen LogP contribution in [0.5, 0.6) is 0 Å². The zero-order valence-electron chi connectivity index (χ0n) is 9.13. The van der Waals surface area contributed by atoms with E-state index in [1.807, 2.05) is 36.5 Å². The number of rotatable bonds is 4. The van der Waals surface area contributed by atoms with Gasteiger partial charge < -0.3 is 10.3 Å². The van der Waals surface area contributed by atoms with Crippen molar-refractivity contribution in [2.75, 3.05) is 6.54 Å². The van der Waals surface area contributed by atoms with Crippen LogP contribution in [-0.4, -0.2) is 16.1 Å². The van der Waals surface area contributed by atoms with Gasteiger partial charge in [0.05, 0.1) is 0 Å². The van der Waals surface area contributed by atoms with Gasteiger partial charge in [-0.1, -0.05) is 36.9 Å². The minimum Gasteiger partial charge on any atom is -0.327 e. The standard InChI is InChI=1S/C13H15N3/c1-11(9-14)10-16-8-7-15-13(16)12-5-3-2-4-6-12/h2-8H,1,9-10,14H2. The lowest BCUT2D eigenvalue weighted by Gasteiger charge is -2.08. The first kappa shape index (κ1) is 10.6. The summed E-state index contributed by atoms with van der Waals surface area (Å²) in [5.41, 5.74) is 7.65. The molecule has 1 aromatic carbocycles. The molecule has 1 aromatic heterocycles. The van der Waals surface area contributed by atoms with Crippen LogP contribution in [-0.2, 0) is 6.54 Å². The summed E-state index contributed by atoms with van der Waals surface area (Å²) < 4.78 is 2.06. The fraction of sp³-hybridized carbons (Fsp3) is 0.154. The molecule has 82 valence electrons. The topological polar surface area (TPSA) is 43.8 Å². The molecular formula is C13H15N3. The minimum absolute atomic E-state index is 0.506. The molecule has 0 spiro atoms. The van der Waals surface area contributed by atoms with E-state index in [9.17, 15) is 0 Å². The molecule has 0 aliphatic heterocycles. The summed E-state index contributed by atoms with van der Waals surface area (Å²) in [5.74, 6) is 0.954. The van der Waals surface area contributed by atoms with Crippen molar-refractivity contribution in [2.45, 2.75) is 6.54 Å². The van der Waals surface area contributed by atoms with Gasteiger partial charge in [0.2, 0.25) is 0 Å². The van der Waals surface area contributed by atoms with Crippen molar-refractivity contribution < 1.29 is 0 Å². The van der Waals surface area contributed by atoms with Crippen molar-refractivity contribution in [3.05, 3.63) is 54.9 Å². The SMILES string of the molecule is C=C(CN)Cn1ccnc1-c1ccccc1. The van der Waals surface area contributed by atoms with Crippen molar-refractivity contribution in [1.29, 1.82) is 0 Å². The van der Waals surface area contributed by atoms with Crippen LogP contribution in [0.4, 0.5) is 0 Å². The summed E-state index contributed by atoms with van der Waals surface area (Å²) in [6.45, 7) is 5.14. The molecule has 0 atom stereocenters. The van der Waals surface area contributed by atoms with Crippen LogP contribution in [0.2, 0.25) is 0 Å². The molecule has 0 amide bonds. The summed E-state index contributed by atoms with van der Waals surface area (Å²) >= 11 is 0. The Kier molecular flexibility index (Phi) is 3.17. The smallest absolute Gasteiger partial charge is 0.140 e. The first-order valence-electron chi connectivity index (χ1n) is 5.24. The van der Waals surface area contributed by atoms with Crippen LogP contribution in [0.1, 0.15) is 0 Å². The molecule has 2 N–H and O–H groups in total. The van der Waals surface area contributed by atoms with Gasteiger partial charge >= 0.3 is 0 Å². The van der Waals surface area contributed by atoms with E-state index in [0.29, 0.717) is 6.54 Å². The molecule has 3 heteroatoms. The highest BCUT2D eigenvalue weighted by Gasteiger charge is 2.05. The molecule has 0 aliphatic rings. The molecule has 0 unspecified atom stereocenters. The first-order chi connectivity index (χ1) is 7.81. The summed E-state index contributed by atoms with van der Waals surface area (Å²) in [6, 6.07) is 10.1. The number of imidazole rings is 1. The second kappa shape index (κ2) is 4.77. The van der Waals surface area contributed by atoms with Gasteiger partial charge in [-0.15, -0.1) is 0 Å². The van der Waals surface area contributed by atoms with E-state index in [1.54, 1.807) is 6.20 Å². The highest BCUT2D eigenvalue weighted by molar-refractivity contribution is 5.55. The van der Waals surface area contributed by atoms with E-state index in [2.05, 4.69) is 16.1 Å². The summed E-state index contributed by atoms with van der Waals surface area (Å²) in [6.07, 6.45) is 3.75. The van der Waals surface area contributed by atoms with Crippen molar-refractivity contribution in [1.82, 2.24) is 9.55 Å². The summed E-state index contributed by atoms with van der Waals surface area (Å²) in [5, 5.41) is 0. The van der Waals surface area contributed by atoms with E-state index >= 15 is 0 Å². The van der Waals surface area contributed by atoms with Crippen molar-refractivity contribution in [3.8, 4) is 11.4 Å². The molecular weight excluding hydrogens is 198 g/mol. The summed E-state index contributed by atoms with van der Waals surface area (Å²) in [7, 11) is 0. The molecule has 3 nitrogen and oxygen atoms in total. The molecule has 2 rings (SSSR count). The third kappa shape index (κ3) is 2.20. The second-order valence-electron chi connectivity index (χ2n) is 3.70. The maximum atomic E-state index is 5.54. The lowest BCUT2D eigenvalue weighted by Crippen LogP contribution is -2.09. The average molecular weight is 213 g/mol. The van der Waals surface area contributed by atoms with Crippen LogP contribution in [0, 0.1) is 0 Å². The molecule has 0 bridgehead atoms. The average Bonchev–Trinajstić information content (AvgIpc) is 2.78. The zero-order chi connectivity index (χ0) is 11.4. The number of nitrogens with two attached hydrogens (primary N) is 1. The van der Waals surface area contributed by atoms with Gasteiger partial charge in [0.1, 0.15) is 5.82 Å². The van der Waals surface area contributed by atoms with Crippen LogP contribution in [0.25, 0.3) is 11.4 Å². The molecule has 16 heavy (non-hydrogen) atoms. The quantitative estimate of drug-likeness (QED) is 0.790. The Bertz CT molecular complexity index is 471. The van der Waals surface area contributed by atoms with E-state index in [0.717, 1.165) is 23.5 Å². The minimum atomic E-state index is 0.506. The number of nitrogens with zero attached hydrogens (tertiary/aromatic N) is 2. The van der Waals surface area contributed by atoms with E-state index in [4.69, 9.17) is 5.73 Å². The van der Waals surface area contributed by atoms with Gasteiger partial charge in [-0.05, 0) is 5.57 Å². The Balaban J connectivity index is 2.29. The van der Waals surface area contributed by atoms with Crippen LogP contribution in [0.15, 0.2) is 54.9 Å². The van der Waals surface area contributed by atoms with Gasteiger partial charge in [-0.2, -0.15) is 0 Å². The Labute approximate surface area is 95.2 Å². The van der Waals surface area contributed by atoms with Crippen molar-refractivity contribution in [2.24, 2.45) is 5.73 Å². The zero-order valence-corrected chi connectivity index (χ0v) is 9.13. The summed E-state index contributed by atoms with van der Waals surface area (Å²) in [4.78, 5) is 4.35. The molecule has 1 heterocycles. The number of benzene rings is 1. The van der Waals surface area contributed by atoms with Crippen LogP contribution < -0.4 is 5.73 Å². The van der Waals surface area contributed by atoms with Crippen LogP contribution >= 0.6 is 0 Å². The number of hydrogen-bond donors (Lipinski definition) is 1. The molecule has 0 fully saturated rings. The third-order valence-corrected chi connectivity index (χ3v) is 2.43. The monoisotopic (exact) mass is 213 g/mol. The largest absolute Gasteiger partial charge is 0.327 e. The number of aromatic nitrogens is 2. The first-order valence-corrected chi connectivity index (χ1v) is 5.24. The third-order valence-electron chi connectivity index (χ3n) is 2.43.